The lowest BCUT2D eigenvalue weighted by molar-refractivity contribution is 0.0625. The van der Waals surface area contributed by atoms with E-state index in [0.717, 1.165) is 25.5 Å². The molecule has 0 aliphatic heterocycles. The van der Waals surface area contributed by atoms with Crippen LogP contribution in [-0.4, -0.2) is 48.0 Å². The highest BCUT2D eigenvalue weighted by Gasteiger charge is 2.31. The summed E-state index contributed by atoms with van der Waals surface area (Å²) in [5.74, 6) is 0.225. The van der Waals surface area contributed by atoms with Crippen LogP contribution in [0.3, 0.4) is 0 Å². The first-order valence-electron chi connectivity index (χ1n) is 8.25. The Morgan fingerprint density at radius 1 is 1.29 bits per heavy atom. The Balaban J connectivity index is 2.04. The summed E-state index contributed by atoms with van der Waals surface area (Å²) in [4.78, 5) is 18.9. The largest absolute Gasteiger partial charge is 0.337 e. The molecule has 130 valence electrons. The zero-order chi connectivity index (χ0) is 17.5. The molecule has 1 aliphatic carbocycles. The lowest BCUT2D eigenvalue weighted by atomic mass is 9.85. The molecule has 0 bridgehead atoms. The zero-order valence-corrected chi connectivity index (χ0v) is 15.1. The molecule has 1 amide bonds. The van der Waals surface area contributed by atoms with Crippen molar-refractivity contribution in [2.45, 2.75) is 43.8 Å². The van der Waals surface area contributed by atoms with E-state index in [1.165, 1.54) is 10.8 Å². The van der Waals surface area contributed by atoms with Gasteiger partial charge in [-0.3, -0.25) is 9.20 Å². The molecule has 2 aromatic heterocycles. The molecule has 0 aromatic carbocycles. The molecule has 3 rings (SSSR count). The third kappa shape index (κ3) is 2.92. The van der Waals surface area contributed by atoms with E-state index in [1.54, 1.807) is 36.3 Å². The second-order valence-corrected chi connectivity index (χ2v) is 8.63. The van der Waals surface area contributed by atoms with E-state index < -0.39 is 9.84 Å². The highest BCUT2D eigenvalue weighted by molar-refractivity contribution is 7.90. The van der Waals surface area contributed by atoms with Crippen molar-refractivity contribution in [2.24, 2.45) is 5.92 Å². The molecule has 0 spiro atoms. The molecule has 2 atom stereocenters. The number of amides is 1. The highest BCUT2D eigenvalue weighted by Crippen LogP contribution is 2.29. The number of imidazole rings is 1. The maximum Gasteiger partial charge on any atom is 0.274 e. The Bertz CT molecular complexity index is 872. The number of hydrogen-bond donors (Lipinski definition) is 0. The number of carbonyl (C=O) groups is 1. The summed E-state index contributed by atoms with van der Waals surface area (Å²) in [7, 11) is -1.73. The third-order valence-electron chi connectivity index (χ3n) is 4.93. The van der Waals surface area contributed by atoms with Gasteiger partial charge in [0.05, 0.1) is 5.52 Å². The van der Waals surface area contributed by atoms with E-state index in [4.69, 9.17) is 0 Å². The Kier molecular flexibility index (Phi) is 4.38. The summed E-state index contributed by atoms with van der Waals surface area (Å²) in [6.45, 7) is 2.17. The van der Waals surface area contributed by atoms with E-state index in [0.29, 0.717) is 11.4 Å². The summed E-state index contributed by atoms with van der Waals surface area (Å²) in [6, 6.07) is 5.41. The van der Waals surface area contributed by atoms with Gasteiger partial charge in [-0.15, -0.1) is 0 Å². The Morgan fingerprint density at radius 2 is 2.00 bits per heavy atom. The van der Waals surface area contributed by atoms with Gasteiger partial charge in [-0.1, -0.05) is 25.8 Å². The lowest BCUT2D eigenvalue weighted by Gasteiger charge is -2.36. The smallest absolute Gasteiger partial charge is 0.274 e. The van der Waals surface area contributed by atoms with Gasteiger partial charge in [0.25, 0.3) is 5.91 Å². The summed E-state index contributed by atoms with van der Waals surface area (Å²) < 4.78 is 25.5. The number of fused-ring (bicyclic) bond motifs is 1. The number of hydrogen-bond acceptors (Lipinski definition) is 4. The standard InChI is InChI=1S/C17H23N3O3S/c1-12-8-4-5-9-13(12)19(2)16(21)15-14-10-6-7-11-20(14)17(18-15)24(3,22)23/h6-7,10-13H,4-5,8-9H2,1-3H3. The molecule has 7 heteroatoms. The van der Waals surface area contributed by atoms with Gasteiger partial charge in [0, 0.05) is 25.5 Å². The maximum atomic E-state index is 13.0. The number of aromatic nitrogens is 2. The molecular formula is C17H23N3O3S. The zero-order valence-electron chi connectivity index (χ0n) is 14.3. The van der Waals surface area contributed by atoms with Crippen LogP contribution in [0.2, 0.25) is 0 Å². The topological polar surface area (TPSA) is 71.8 Å². The van der Waals surface area contributed by atoms with Crippen molar-refractivity contribution in [1.29, 1.82) is 0 Å². The number of carbonyl (C=O) groups excluding carboxylic acids is 1. The van der Waals surface area contributed by atoms with Gasteiger partial charge in [-0.2, -0.15) is 0 Å². The van der Waals surface area contributed by atoms with Crippen LogP contribution in [0.15, 0.2) is 29.6 Å². The molecule has 2 unspecified atom stereocenters. The van der Waals surface area contributed by atoms with Crippen LogP contribution in [-0.2, 0) is 9.84 Å². The van der Waals surface area contributed by atoms with Crippen LogP contribution in [0.4, 0.5) is 0 Å². The van der Waals surface area contributed by atoms with Gasteiger partial charge in [0.2, 0.25) is 15.0 Å². The van der Waals surface area contributed by atoms with Gasteiger partial charge in [-0.05, 0) is 30.9 Å². The summed E-state index contributed by atoms with van der Waals surface area (Å²) in [5.41, 5.74) is 0.731. The molecular weight excluding hydrogens is 326 g/mol. The molecule has 24 heavy (non-hydrogen) atoms. The first-order valence-corrected chi connectivity index (χ1v) is 10.1. The minimum atomic E-state index is -3.52. The fraction of sp³-hybridized carbons (Fsp3) is 0.529. The van der Waals surface area contributed by atoms with Crippen LogP contribution in [0, 0.1) is 5.92 Å². The van der Waals surface area contributed by atoms with Crippen molar-refractivity contribution >= 4 is 21.3 Å². The van der Waals surface area contributed by atoms with Crippen molar-refractivity contribution < 1.29 is 13.2 Å². The molecule has 2 aromatic rings. The maximum absolute atomic E-state index is 13.0. The van der Waals surface area contributed by atoms with Gasteiger partial charge in [0.15, 0.2) is 5.69 Å². The number of pyridine rings is 1. The fourth-order valence-electron chi connectivity index (χ4n) is 3.62. The highest BCUT2D eigenvalue weighted by atomic mass is 32.2. The monoisotopic (exact) mass is 349 g/mol. The van der Waals surface area contributed by atoms with Gasteiger partial charge >= 0.3 is 0 Å². The average molecular weight is 349 g/mol. The van der Waals surface area contributed by atoms with E-state index in [-0.39, 0.29) is 22.8 Å². The van der Waals surface area contributed by atoms with E-state index in [1.807, 2.05) is 0 Å². The molecule has 0 saturated heterocycles. The first kappa shape index (κ1) is 17.0. The summed E-state index contributed by atoms with van der Waals surface area (Å²) in [6.07, 6.45) is 7.14. The number of rotatable bonds is 3. The van der Waals surface area contributed by atoms with Crippen molar-refractivity contribution in [1.82, 2.24) is 14.3 Å². The molecule has 1 fully saturated rings. The van der Waals surface area contributed by atoms with Crippen LogP contribution in [0.1, 0.15) is 43.1 Å². The Morgan fingerprint density at radius 3 is 2.67 bits per heavy atom. The van der Waals surface area contributed by atoms with Gasteiger partial charge in [0.1, 0.15) is 0 Å². The average Bonchev–Trinajstić information content (AvgIpc) is 2.94. The SMILES string of the molecule is CC1CCCCC1N(C)C(=O)c1nc(S(C)(=O)=O)n2ccccc12. The summed E-state index contributed by atoms with van der Waals surface area (Å²) >= 11 is 0. The van der Waals surface area contributed by atoms with Crippen LogP contribution >= 0.6 is 0 Å². The van der Waals surface area contributed by atoms with Gasteiger partial charge < -0.3 is 4.90 Å². The normalized spacial score (nSPS) is 21.8. The molecule has 6 nitrogen and oxygen atoms in total. The first-order chi connectivity index (χ1) is 11.3. The van der Waals surface area contributed by atoms with E-state index in [9.17, 15) is 13.2 Å². The number of nitrogens with zero attached hydrogens (tertiary/aromatic N) is 3. The second-order valence-electron chi connectivity index (χ2n) is 6.72. The summed E-state index contributed by atoms with van der Waals surface area (Å²) in [5, 5.41) is -0.0912. The quantitative estimate of drug-likeness (QED) is 0.853. The minimum absolute atomic E-state index is 0.0912. The third-order valence-corrected chi connectivity index (χ3v) is 5.89. The van der Waals surface area contributed by atoms with Crippen molar-refractivity contribution in [3.05, 3.63) is 30.1 Å². The Hall–Kier alpha value is -1.89. The lowest BCUT2D eigenvalue weighted by Crippen LogP contribution is -2.42. The Labute approximate surface area is 142 Å². The van der Waals surface area contributed by atoms with Gasteiger partial charge in [-0.25, -0.2) is 13.4 Å². The van der Waals surface area contributed by atoms with Crippen molar-refractivity contribution in [3.63, 3.8) is 0 Å². The molecule has 1 saturated carbocycles. The molecule has 0 radical (unpaired) electrons. The van der Waals surface area contributed by atoms with Crippen LogP contribution in [0.25, 0.3) is 5.52 Å². The predicted octanol–water partition coefficient (Wildman–Crippen LogP) is 2.39. The van der Waals surface area contributed by atoms with E-state index >= 15 is 0 Å². The minimum Gasteiger partial charge on any atom is -0.337 e. The molecule has 0 N–H and O–H groups in total. The van der Waals surface area contributed by atoms with Crippen LogP contribution < -0.4 is 0 Å². The van der Waals surface area contributed by atoms with Crippen LogP contribution in [0.5, 0.6) is 0 Å². The van der Waals surface area contributed by atoms with Crippen molar-refractivity contribution in [3.8, 4) is 0 Å². The molecule has 2 heterocycles. The van der Waals surface area contributed by atoms with Crippen molar-refractivity contribution in [2.75, 3.05) is 13.3 Å². The molecule has 1 aliphatic rings. The predicted molar refractivity (Wildman–Crippen MR) is 91.8 cm³/mol. The van der Waals surface area contributed by atoms with E-state index in [2.05, 4.69) is 11.9 Å². The fourth-order valence-corrected chi connectivity index (χ4v) is 4.39. The second kappa shape index (κ2) is 6.20. The number of sulfone groups is 1.